The second-order valence-corrected chi connectivity index (χ2v) is 6.75. The molecule has 0 saturated carbocycles. The van der Waals surface area contributed by atoms with E-state index in [2.05, 4.69) is 10.6 Å². The number of rotatable bonds is 6. The van der Waals surface area contributed by atoms with Crippen molar-refractivity contribution >= 4 is 23.6 Å². The van der Waals surface area contributed by atoms with E-state index in [0.717, 1.165) is 11.1 Å². The Morgan fingerprint density at radius 2 is 1.03 bits per heavy atom. The van der Waals surface area contributed by atoms with Crippen molar-refractivity contribution in [2.24, 2.45) is 0 Å². The first-order chi connectivity index (χ1) is 14.5. The Balaban J connectivity index is 1.57. The summed E-state index contributed by atoms with van der Waals surface area (Å²) in [6.07, 6.45) is -2.02. The van der Waals surface area contributed by atoms with E-state index in [-0.39, 0.29) is 0 Å². The number of hydrogen-bond donors (Lipinski definition) is 2. The third-order valence-electron chi connectivity index (χ3n) is 4.46. The van der Waals surface area contributed by atoms with Crippen LogP contribution in [-0.2, 0) is 9.47 Å². The van der Waals surface area contributed by atoms with Crippen LogP contribution in [0.2, 0.25) is 0 Å². The van der Waals surface area contributed by atoms with E-state index in [1.54, 1.807) is 38.1 Å². The predicted octanol–water partition coefficient (Wildman–Crippen LogP) is 6.31. The fourth-order valence-corrected chi connectivity index (χ4v) is 2.86. The second-order valence-electron chi connectivity index (χ2n) is 6.75. The molecule has 3 rings (SSSR count). The zero-order valence-electron chi connectivity index (χ0n) is 16.9. The molecule has 0 heterocycles. The van der Waals surface area contributed by atoms with Gasteiger partial charge in [-0.15, -0.1) is 0 Å². The van der Waals surface area contributed by atoms with Gasteiger partial charge >= 0.3 is 12.2 Å². The quantitative estimate of drug-likeness (QED) is 0.505. The van der Waals surface area contributed by atoms with E-state index in [1.807, 2.05) is 60.7 Å². The Morgan fingerprint density at radius 3 is 1.43 bits per heavy atom. The number of ether oxygens (including phenoxy) is 2. The fourth-order valence-electron chi connectivity index (χ4n) is 2.86. The number of benzene rings is 3. The SMILES string of the molecule is C[C@@H](OC(=O)Nc1ccccc1)c1cccc([C@@H](C)OC(=O)Nc2ccccc2)c1. The van der Waals surface area contributed by atoms with Gasteiger partial charge in [0, 0.05) is 11.4 Å². The molecular weight excluding hydrogens is 380 g/mol. The minimum atomic E-state index is -0.536. The molecule has 0 unspecified atom stereocenters. The van der Waals surface area contributed by atoms with Gasteiger partial charge in [-0.05, 0) is 55.3 Å². The van der Waals surface area contributed by atoms with Crippen molar-refractivity contribution in [1.29, 1.82) is 0 Å². The van der Waals surface area contributed by atoms with Crippen LogP contribution in [0.25, 0.3) is 0 Å². The summed E-state index contributed by atoms with van der Waals surface area (Å²) < 4.78 is 10.9. The fraction of sp³-hybridized carbons (Fsp3) is 0.167. The molecule has 3 aromatic carbocycles. The van der Waals surface area contributed by atoms with E-state index in [0.29, 0.717) is 11.4 Å². The number of carbonyl (C=O) groups is 2. The lowest BCUT2D eigenvalue weighted by atomic mass is 10.0. The molecule has 2 amide bonds. The number of nitrogens with one attached hydrogen (secondary N) is 2. The average Bonchev–Trinajstić information content (AvgIpc) is 2.75. The van der Waals surface area contributed by atoms with Crippen LogP contribution >= 0.6 is 0 Å². The summed E-state index contributed by atoms with van der Waals surface area (Å²) in [5.41, 5.74) is 2.93. The number of para-hydroxylation sites is 2. The van der Waals surface area contributed by atoms with Crippen molar-refractivity contribution in [2.45, 2.75) is 26.1 Å². The molecule has 30 heavy (non-hydrogen) atoms. The molecule has 0 aliphatic heterocycles. The van der Waals surface area contributed by atoms with E-state index >= 15 is 0 Å². The third kappa shape index (κ3) is 6.10. The Bertz CT molecular complexity index is 900. The summed E-state index contributed by atoms with van der Waals surface area (Å²) in [6.45, 7) is 3.58. The van der Waals surface area contributed by atoms with Crippen LogP contribution < -0.4 is 10.6 Å². The van der Waals surface area contributed by atoms with Crippen LogP contribution in [0.1, 0.15) is 37.2 Å². The molecule has 2 N–H and O–H groups in total. The Kier molecular flexibility index (Phi) is 7.05. The lowest BCUT2D eigenvalue weighted by molar-refractivity contribution is 0.118. The topological polar surface area (TPSA) is 76.7 Å². The van der Waals surface area contributed by atoms with Gasteiger partial charge in [0.15, 0.2) is 0 Å². The highest BCUT2D eigenvalue weighted by Gasteiger charge is 2.16. The van der Waals surface area contributed by atoms with E-state index < -0.39 is 24.4 Å². The summed E-state index contributed by atoms with van der Waals surface area (Å²) in [4.78, 5) is 24.2. The Morgan fingerprint density at radius 1 is 0.633 bits per heavy atom. The van der Waals surface area contributed by atoms with Gasteiger partial charge in [0.1, 0.15) is 12.2 Å². The monoisotopic (exact) mass is 404 g/mol. The molecule has 0 fully saturated rings. The maximum Gasteiger partial charge on any atom is 0.412 e. The molecule has 6 nitrogen and oxygen atoms in total. The first-order valence-electron chi connectivity index (χ1n) is 9.66. The van der Waals surface area contributed by atoms with Crippen LogP contribution in [-0.4, -0.2) is 12.2 Å². The van der Waals surface area contributed by atoms with Gasteiger partial charge < -0.3 is 9.47 Å². The number of anilines is 2. The Labute approximate surface area is 175 Å². The van der Waals surface area contributed by atoms with Gasteiger partial charge in [0.05, 0.1) is 0 Å². The summed E-state index contributed by atoms with van der Waals surface area (Å²) in [5.74, 6) is 0. The van der Waals surface area contributed by atoms with Crippen molar-refractivity contribution in [3.63, 3.8) is 0 Å². The van der Waals surface area contributed by atoms with Crippen molar-refractivity contribution in [3.8, 4) is 0 Å². The molecule has 0 saturated heterocycles. The summed E-state index contributed by atoms with van der Waals surface area (Å²) >= 11 is 0. The standard InChI is InChI=1S/C24H24N2O4/c1-17(29-23(27)25-21-12-5-3-6-13-21)19-10-9-11-20(16-19)18(2)30-24(28)26-22-14-7-4-8-15-22/h3-18H,1-2H3,(H,25,27)(H,26,28)/t17-,18-/m1/s1. The molecule has 0 spiro atoms. The maximum absolute atomic E-state index is 12.1. The van der Waals surface area contributed by atoms with Crippen molar-refractivity contribution in [1.82, 2.24) is 0 Å². The van der Waals surface area contributed by atoms with Gasteiger partial charge in [-0.25, -0.2) is 9.59 Å². The second kappa shape index (κ2) is 10.1. The number of carbonyl (C=O) groups excluding carboxylic acids is 2. The summed E-state index contributed by atoms with van der Waals surface area (Å²) in [5, 5.41) is 5.38. The van der Waals surface area contributed by atoms with Gasteiger partial charge in [0.2, 0.25) is 0 Å². The van der Waals surface area contributed by atoms with Crippen LogP contribution in [0, 0.1) is 0 Å². The highest BCUT2D eigenvalue weighted by atomic mass is 16.6. The highest BCUT2D eigenvalue weighted by Crippen LogP contribution is 2.24. The molecular formula is C24H24N2O4. The summed E-state index contributed by atoms with van der Waals surface area (Å²) in [6, 6.07) is 25.6. The maximum atomic E-state index is 12.1. The molecule has 0 aromatic heterocycles. The van der Waals surface area contributed by atoms with Crippen molar-refractivity contribution in [3.05, 3.63) is 96.1 Å². The first kappa shape index (κ1) is 20.9. The van der Waals surface area contributed by atoms with Gasteiger partial charge in [-0.2, -0.15) is 0 Å². The lowest BCUT2D eigenvalue weighted by Crippen LogP contribution is -2.17. The normalized spacial score (nSPS) is 12.3. The van der Waals surface area contributed by atoms with Crippen LogP contribution in [0.15, 0.2) is 84.9 Å². The van der Waals surface area contributed by atoms with Crippen molar-refractivity contribution in [2.75, 3.05) is 10.6 Å². The zero-order valence-corrected chi connectivity index (χ0v) is 16.9. The molecule has 6 heteroatoms. The van der Waals surface area contributed by atoms with Gasteiger partial charge in [-0.1, -0.05) is 54.6 Å². The molecule has 154 valence electrons. The zero-order chi connectivity index (χ0) is 21.3. The number of hydrogen-bond acceptors (Lipinski definition) is 4. The van der Waals surface area contributed by atoms with Gasteiger partial charge in [-0.3, -0.25) is 10.6 Å². The van der Waals surface area contributed by atoms with E-state index in [4.69, 9.17) is 9.47 Å². The highest BCUT2D eigenvalue weighted by molar-refractivity contribution is 5.85. The van der Waals surface area contributed by atoms with Crippen LogP contribution in [0.5, 0.6) is 0 Å². The smallest absolute Gasteiger partial charge is 0.412 e. The van der Waals surface area contributed by atoms with Crippen LogP contribution in [0.4, 0.5) is 21.0 Å². The molecule has 0 aliphatic rings. The predicted molar refractivity (Wildman–Crippen MR) is 116 cm³/mol. The number of amides is 2. The Hall–Kier alpha value is -3.80. The van der Waals surface area contributed by atoms with Gasteiger partial charge in [0.25, 0.3) is 0 Å². The minimum absolute atomic E-state index is 0.473. The molecule has 3 aromatic rings. The molecule has 0 bridgehead atoms. The third-order valence-corrected chi connectivity index (χ3v) is 4.46. The first-order valence-corrected chi connectivity index (χ1v) is 9.66. The van der Waals surface area contributed by atoms with E-state index in [1.165, 1.54) is 0 Å². The lowest BCUT2D eigenvalue weighted by Gasteiger charge is -2.18. The minimum Gasteiger partial charge on any atom is -0.441 e. The van der Waals surface area contributed by atoms with Crippen molar-refractivity contribution < 1.29 is 19.1 Å². The average molecular weight is 404 g/mol. The van der Waals surface area contributed by atoms with E-state index in [9.17, 15) is 9.59 Å². The molecule has 0 radical (unpaired) electrons. The largest absolute Gasteiger partial charge is 0.441 e. The molecule has 2 atom stereocenters. The van der Waals surface area contributed by atoms with Crippen LogP contribution in [0.3, 0.4) is 0 Å². The molecule has 0 aliphatic carbocycles. The summed E-state index contributed by atoms with van der Waals surface area (Å²) in [7, 11) is 0.